The summed E-state index contributed by atoms with van der Waals surface area (Å²) in [5.74, 6) is -3.46. The highest BCUT2D eigenvalue weighted by atomic mass is 16.7. The van der Waals surface area contributed by atoms with Crippen LogP contribution in [0.1, 0.15) is 74.1 Å². The van der Waals surface area contributed by atoms with Crippen molar-refractivity contribution in [3.8, 4) is 0 Å². The minimum Gasteiger partial charge on any atom is -0.458 e. The third-order valence-electron chi connectivity index (χ3n) is 11.1. The van der Waals surface area contributed by atoms with E-state index in [-0.39, 0.29) is 48.2 Å². The number of ether oxygens (including phenoxy) is 5. The number of cyclic esters (lactones) is 1. The van der Waals surface area contributed by atoms with Crippen molar-refractivity contribution in [2.24, 2.45) is 23.7 Å². The average molecular weight is 670 g/mol. The maximum absolute atomic E-state index is 14.2. The molecule has 0 aromatic heterocycles. The van der Waals surface area contributed by atoms with Gasteiger partial charge in [0.05, 0.1) is 24.2 Å². The number of likely N-dealkylation sites (N-methyl/N-ethyl adjacent to an activating group) is 2. The number of ketones is 1. The van der Waals surface area contributed by atoms with Crippen LogP contribution >= 0.6 is 0 Å². The topological polar surface area (TPSA) is 127 Å². The lowest BCUT2D eigenvalue weighted by Gasteiger charge is -2.47. The fraction of sp³-hybridized carbons (Fsp3) is 0.914. The van der Waals surface area contributed by atoms with Gasteiger partial charge in [-0.1, -0.05) is 20.8 Å². The summed E-state index contributed by atoms with van der Waals surface area (Å²) in [6.07, 6.45) is -2.06. The van der Waals surface area contributed by atoms with Crippen molar-refractivity contribution in [3.63, 3.8) is 0 Å². The molecule has 0 aromatic carbocycles. The molecule has 12 heteroatoms. The van der Waals surface area contributed by atoms with Crippen LogP contribution in [0.2, 0.25) is 0 Å². The lowest BCUT2D eigenvalue weighted by atomic mass is 9.77. The van der Waals surface area contributed by atoms with Crippen LogP contribution in [0.3, 0.4) is 0 Å². The van der Waals surface area contributed by atoms with Gasteiger partial charge in [-0.25, -0.2) is 0 Å². The highest BCUT2D eigenvalue weighted by molar-refractivity contribution is 6.00. The Bertz CT molecular complexity index is 1090. The quantitative estimate of drug-likeness (QED) is 0.316. The maximum Gasteiger partial charge on any atom is 0.316 e. The number of carbonyl (C=O) groups excluding carboxylic acids is 3. The van der Waals surface area contributed by atoms with E-state index in [0.29, 0.717) is 32.4 Å². The minimum absolute atomic E-state index is 0.0701. The Labute approximate surface area is 282 Å². The van der Waals surface area contributed by atoms with Crippen molar-refractivity contribution in [2.75, 3.05) is 55.4 Å². The third kappa shape index (κ3) is 8.74. The van der Waals surface area contributed by atoms with Gasteiger partial charge in [-0.15, -0.1) is 0 Å². The third-order valence-corrected chi connectivity index (χ3v) is 11.1. The molecule has 0 amide bonds. The molecule has 5 unspecified atom stereocenters. The lowest BCUT2D eigenvalue weighted by Crippen LogP contribution is -2.60. The lowest BCUT2D eigenvalue weighted by molar-refractivity contribution is -0.298. The first-order chi connectivity index (χ1) is 21.8. The standard InChI is InChI=1S/C35H63N3O9/c1-14-27-35(7)25(16-28(39)47-35)23(5)38(12)18-20(2)17-34(6,43-13)31(21(3)29(40)22(4)32(42)45-27)46-33-30(41)26(37(10)11)15-24(44-33)19-36(8)9/h20-27,30-31,33,41H,14-19H2,1-13H3/t20-,21+,22?,23-,24?,25-,26?,27-,30?,31-,33?,34-,35+/m1/s1. The summed E-state index contributed by atoms with van der Waals surface area (Å²) in [5, 5.41) is 11.5. The molecular weight excluding hydrogens is 606 g/mol. The molecule has 0 radical (unpaired) electrons. The van der Waals surface area contributed by atoms with E-state index in [1.54, 1.807) is 21.0 Å². The summed E-state index contributed by atoms with van der Waals surface area (Å²) in [6.45, 7) is 14.5. The molecule has 0 aromatic rings. The van der Waals surface area contributed by atoms with E-state index in [9.17, 15) is 19.5 Å². The molecule has 3 rings (SSSR count). The van der Waals surface area contributed by atoms with E-state index in [1.807, 2.05) is 65.8 Å². The molecule has 0 bridgehead atoms. The largest absolute Gasteiger partial charge is 0.458 e. The second kappa shape index (κ2) is 15.9. The smallest absolute Gasteiger partial charge is 0.316 e. The highest BCUT2D eigenvalue weighted by Crippen LogP contribution is 2.43. The van der Waals surface area contributed by atoms with Crippen molar-refractivity contribution in [1.82, 2.24) is 14.7 Å². The van der Waals surface area contributed by atoms with E-state index in [4.69, 9.17) is 23.7 Å². The molecule has 272 valence electrons. The first-order valence-electron chi connectivity index (χ1n) is 17.3. The summed E-state index contributed by atoms with van der Waals surface area (Å²) < 4.78 is 31.3. The average Bonchev–Trinajstić information content (AvgIpc) is 3.31. The number of esters is 2. The van der Waals surface area contributed by atoms with Gasteiger partial charge in [0, 0.05) is 44.1 Å². The molecule has 0 saturated carbocycles. The van der Waals surface area contributed by atoms with Gasteiger partial charge < -0.3 is 43.5 Å². The van der Waals surface area contributed by atoms with Gasteiger partial charge in [0.2, 0.25) is 0 Å². The summed E-state index contributed by atoms with van der Waals surface area (Å²) in [5.41, 5.74) is -2.04. The minimum atomic E-state index is -1.12. The molecular formula is C35H63N3O9. The van der Waals surface area contributed by atoms with Gasteiger partial charge in [0.1, 0.15) is 18.1 Å². The van der Waals surface area contributed by atoms with Crippen molar-refractivity contribution in [1.29, 1.82) is 0 Å². The number of aliphatic hydroxyl groups excluding tert-OH is 1. The fourth-order valence-electron chi connectivity index (χ4n) is 8.25. The zero-order chi connectivity index (χ0) is 35.6. The summed E-state index contributed by atoms with van der Waals surface area (Å²) in [7, 11) is 11.4. The predicted octanol–water partition coefficient (Wildman–Crippen LogP) is 2.59. The molecule has 3 saturated heterocycles. The number of Topliss-reactive ketones (excluding diaryl/α,β-unsaturated/α-hetero) is 1. The summed E-state index contributed by atoms with van der Waals surface area (Å²) >= 11 is 0. The van der Waals surface area contributed by atoms with Crippen LogP contribution in [-0.2, 0) is 38.1 Å². The monoisotopic (exact) mass is 669 g/mol. The Hall–Kier alpha value is -1.67. The first-order valence-corrected chi connectivity index (χ1v) is 17.3. The molecule has 3 heterocycles. The number of rotatable bonds is 7. The van der Waals surface area contributed by atoms with Crippen LogP contribution < -0.4 is 0 Å². The van der Waals surface area contributed by atoms with Crippen molar-refractivity contribution in [3.05, 3.63) is 0 Å². The molecule has 13 atom stereocenters. The zero-order valence-electron chi connectivity index (χ0n) is 31.1. The molecule has 3 fully saturated rings. The van der Waals surface area contributed by atoms with Crippen LogP contribution in [0.4, 0.5) is 0 Å². The zero-order valence-corrected chi connectivity index (χ0v) is 31.1. The Balaban J connectivity index is 2.06. The molecule has 1 N–H and O–H groups in total. The SMILES string of the molecule is CC[C@H]1OC(=O)C(C)C(=O)[C@H](C)[C@@H](OC2OC(CN(C)C)CC(N(C)C)C2O)[C@](C)(OC)C[C@@H](C)CN(C)[C@H](C)[C@H]2CC(=O)O[C@@]21C. The summed E-state index contributed by atoms with van der Waals surface area (Å²) in [6, 6.07) is -0.308. The Kier molecular flexibility index (Phi) is 13.5. The molecule has 12 nitrogen and oxygen atoms in total. The Morgan fingerprint density at radius 1 is 1.06 bits per heavy atom. The number of hydrogen-bond acceptors (Lipinski definition) is 12. The van der Waals surface area contributed by atoms with Gasteiger partial charge in [0.25, 0.3) is 0 Å². The van der Waals surface area contributed by atoms with Crippen LogP contribution in [0.25, 0.3) is 0 Å². The van der Waals surface area contributed by atoms with Crippen molar-refractivity contribution < 1.29 is 43.2 Å². The number of nitrogens with zero attached hydrogens (tertiary/aromatic N) is 3. The van der Waals surface area contributed by atoms with Crippen LogP contribution in [0, 0.1) is 23.7 Å². The number of fused-ring (bicyclic) bond motifs is 1. The van der Waals surface area contributed by atoms with E-state index >= 15 is 0 Å². The highest BCUT2D eigenvalue weighted by Gasteiger charge is 2.56. The predicted molar refractivity (Wildman–Crippen MR) is 178 cm³/mol. The van der Waals surface area contributed by atoms with E-state index in [2.05, 4.69) is 18.7 Å². The van der Waals surface area contributed by atoms with Gasteiger partial charge in [-0.3, -0.25) is 14.4 Å². The summed E-state index contributed by atoms with van der Waals surface area (Å²) in [4.78, 5) is 46.8. The van der Waals surface area contributed by atoms with Gasteiger partial charge in [-0.05, 0) is 88.1 Å². The Morgan fingerprint density at radius 3 is 2.26 bits per heavy atom. The molecule has 0 spiro atoms. The number of methoxy groups -OCH3 is 1. The maximum atomic E-state index is 14.2. The van der Waals surface area contributed by atoms with Crippen LogP contribution in [0.5, 0.6) is 0 Å². The van der Waals surface area contributed by atoms with Crippen molar-refractivity contribution >= 4 is 17.7 Å². The van der Waals surface area contributed by atoms with Gasteiger partial charge >= 0.3 is 11.9 Å². The van der Waals surface area contributed by atoms with E-state index in [1.165, 1.54) is 0 Å². The fourth-order valence-corrected chi connectivity index (χ4v) is 8.25. The van der Waals surface area contributed by atoms with Gasteiger partial charge in [-0.2, -0.15) is 0 Å². The van der Waals surface area contributed by atoms with Crippen LogP contribution in [0.15, 0.2) is 0 Å². The normalized spacial score (nSPS) is 43.3. The molecule has 47 heavy (non-hydrogen) atoms. The number of hydrogen-bond donors (Lipinski definition) is 1. The number of carbonyl (C=O) groups is 3. The van der Waals surface area contributed by atoms with Crippen LogP contribution in [-0.4, -0.2) is 147 Å². The van der Waals surface area contributed by atoms with Crippen molar-refractivity contribution in [2.45, 2.75) is 128 Å². The molecule has 3 aliphatic rings. The first kappa shape index (κ1) is 39.8. The molecule has 0 aliphatic carbocycles. The number of aliphatic hydroxyl groups is 1. The van der Waals surface area contributed by atoms with Gasteiger partial charge in [0.15, 0.2) is 17.7 Å². The second-order valence-electron chi connectivity index (χ2n) is 15.4. The second-order valence-corrected chi connectivity index (χ2v) is 15.4. The molecule has 3 aliphatic heterocycles. The van der Waals surface area contributed by atoms with E-state index < -0.39 is 53.6 Å². The Morgan fingerprint density at radius 2 is 1.70 bits per heavy atom. The van der Waals surface area contributed by atoms with E-state index in [0.717, 1.165) is 0 Å².